The summed E-state index contributed by atoms with van der Waals surface area (Å²) in [7, 11) is 0. The molecule has 17 heavy (non-hydrogen) atoms. The summed E-state index contributed by atoms with van der Waals surface area (Å²) in [5.41, 5.74) is 7.66. The topological polar surface area (TPSA) is 68.0 Å². The van der Waals surface area contributed by atoms with E-state index in [0.29, 0.717) is 17.1 Å². The van der Waals surface area contributed by atoms with Gasteiger partial charge in [0.25, 0.3) is 5.91 Å². The number of benzene rings is 1. The Morgan fingerprint density at radius 3 is 2.65 bits per heavy atom. The fourth-order valence-corrected chi connectivity index (χ4v) is 1.49. The molecule has 86 valence electrons. The van der Waals surface area contributed by atoms with Crippen LogP contribution in [0.2, 0.25) is 0 Å². The van der Waals surface area contributed by atoms with E-state index in [1.807, 2.05) is 25.1 Å². The van der Waals surface area contributed by atoms with Crippen molar-refractivity contribution in [3.8, 4) is 0 Å². The van der Waals surface area contributed by atoms with Crippen molar-refractivity contribution in [2.24, 2.45) is 0 Å². The molecule has 0 unspecified atom stereocenters. The maximum absolute atomic E-state index is 11.9. The average molecular weight is 227 g/mol. The molecule has 1 aromatic heterocycles. The van der Waals surface area contributed by atoms with Crippen LogP contribution in [0.3, 0.4) is 0 Å². The molecule has 0 radical (unpaired) electrons. The van der Waals surface area contributed by atoms with E-state index in [0.717, 1.165) is 5.56 Å². The first-order valence-corrected chi connectivity index (χ1v) is 5.25. The zero-order valence-electron chi connectivity index (χ0n) is 9.47. The van der Waals surface area contributed by atoms with Gasteiger partial charge in [0.05, 0.1) is 11.9 Å². The highest BCUT2D eigenvalue weighted by Gasteiger charge is 2.08. The number of rotatable bonds is 2. The number of aromatic nitrogens is 1. The van der Waals surface area contributed by atoms with Crippen LogP contribution < -0.4 is 11.1 Å². The normalized spacial score (nSPS) is 9.94. The number of amides is 1. The van der Waals surface area contributed by atoms with Crippen LogP contribution in [0.5, 0.6) is 0 Å². The van der Waals surface area contributed by atoms with Crippen molar-refractivity contribution >= 4 is 17.4 Å². The molecule has 0 saturated carbocycles. The van der Waals surface area contributed by atoms with Crippen LogP contribution in [-0.2, 0) is 0 Å². The molecule has 1 heterocycles. The van der Waals surface area contributed by atoms with E-state index in [1.54, 1.807) is 18.2 Å². The Bertz CT molecular complexity index is 535. The van der Waals surface area contributed by atoms with Gasteiger partial charge in [-0.15, -0.1) is 0 Å². The number of carbonyl (C=O) groups is 1. The van der Waals surface area contributed by atoms with E-state index in [4.69, 9.17) is 5.73 Å². The third-order valence-corrected chi connectivity index (χ3v) is 2.42. The van der Waals surface area contributed by atoms with E-state index < -0.39 is 0 Å². The molecule has 3 N–H and O–H groups in total. The lowest BCUT2D eigenvalue weighted by molar-refractivity contribution is 0.102. The van der Waals surface area contributed by atoms with Crippen molar-refractivity contribution in [3.05, 3.63) is 53.7 Å². The summed E-state index contributed by atoms with van der Waals surface area (Å²) in [6.07, 6.45) is 1.51. The second kappa shape index (κ2) is 4.65. The number of hydrogen-bond donors (Lipinski definition) is 2. The molecule has 0 spiro atoms. The maximum Gasteiger partial charge on any atom is 0.257 e. The highest BCUT2D eigenvalue weighted by molar-refractivity contribution is 6.04. The summed E-state index contributed by atoms with van der Waals surface area (Å²) < 4.78 is 0. The quantitative estimate of drug-likeness (QED) is 0.826. The summed E-state index contributed by atoms with van der Waals surface area (Å²) in [5, 5.41) is 2.72. The van der Waals surface area contributed by atoms with Crippen LogP contribution in [0.25, 0.3) is 0 Å². The summed E-state index contributed by atoms with van der Waals surface area (Å²) in [4.78, 5) is 16.0. The number of aryl methyl sites for hydroxylation is 1. The first-order chi connectivity index (χ1) is 8.16. The van der Waals surface area contributed by atoms with E-state index in [1.165, 1.54) is 6.20 Å². The molecule has 2 rings (SSSR count). The van der Waals surface area contributed by atoms with Gasteiger partial charge in [0.2, 0.25) is 0 Å². The third kappa shape index (κ3) is 2.60. The first kappa shape index (κ1) is 11.1. The van der Waals surface area contributed by atoms with Crippen molar-refractivity contribution in [1.29, 1.82) is 0 Å². The van der Waals surface area contributed by atoms with Crippen molar-refractivity contribution in [3.63, 3.8) is 0 Å². The molecule has 0 bridgehead atoms. The Hall–Kier alpha value is -2.36. The number of nitrogens with one attached hydrogen (secondary N) is 1. The fraction of sp³-hybridized carbons (Fsp3) is 0.0769. The number of nitrogen functional groups attached to an aromatic ring is 1. The number of nitrogens with two attached hydrogens (primary N) is 1. The average Bonchev–Trinajstić information content (AvgIpc) is 2.32. The predicted octanol–water partition coefficient (Wildman–Crippen LogP) is 2.22. The van der Waals surface area contributed by atoms with Crippen LogP contribution in [0.15, 0.2) is 42.6 Å². The zero-order valence-corrected chi connectivity index (χ0v) is 9.47. The minimum Gasteiger partial charge on any atom is -0.397 e. The Morgan fingerprint density at radius 1 is 1.24 bits per heavy atom. The van der Waals surface area contributed by atoms with Gasteiger partial charge in [-0.25, -0.2) is 4.98 Å². The lowest BCUT2D eigenvalue weighted by atomic mass is 10.1. The molecule has 4 nitrogen and oxygen atoms in total. The lowest BCUT2D eigenvalue weighted by Crippen LogP contribution is -2.14. The van der Waals surface area contributed by atoms with Crippen molar-refractivity contribution in [2.45, 2.75) is 6.92 Å². The number of hydrogen-bond acceptors (Lipinski definition) is 3. The van der Waals surface area contributed by atoms with Gasteiger partial charge in [-0.1, -0.05) is 18.2 Å². The summed E-state index contributed by atoms with van der Waals surface area (Å²) >= 11 is 0. The number of pyridine rings is 1. The summed E-state index contributed by atoms with van der Waals surface area (Å²) in [6, 6.07) is 10.8. The lowest BCUT2D eigenvalue weighted by Gasteiger charge is -2.06. The third-order valence-electron chi connectivity index (χ3n) is 2.42. The van der Waals surface area contributed by atoms with E-state index in [-0.39, 0.29) is 5.91 Å². The van der Waals surface area contributed by atoms with Gasteiger partial charge in [0.15, 0.2) is 0 Å². The molecule has 4 heteroatoms. The van der Waals surface area contributed by atoms with Gasteiger partial charge in [-0.05, 0) is 30.7 Å². The van der Waals surface area contributed by atoms with Crippen LogP contribution in [-0.4, -0.2) is 10.9 Å². The van der Waals surface area contributed by atoms with E-state index in [2.05, 4.69) is 10.3 Å². The number of nitrogens with zero attached hydrogens (tertiary/aromatic N) is 1. The molecular weight excluding hydrogens is 214 g/mol. The first-order valence-electron chi connectivity index (χ1n) is 5.25. The van der Waals surface area contributed by atoms with Crippen LogP contribution >= 0.6 is 0 Å². The maximum atomic E-state index is 11.9. The summed E-state index contributed by atoms with van der Waals surface area (Å²) in [5.74, 6) is 0.327. The standard InChI is InChI=1S/C13H13N3O/c1-9-4-2-3-5-11(9)13(17)16-12-7-6-10(14)8-15-12/h2-8H,14H2,1H3,(H,15,16,17). The number of anilines is 2. The Kier molecular flexibility index (Phi) is 3.05. The van der Waals surface area contributed by atoms with Gasteiger partial charge in [0.1, 0.15) is 5.82 Å². The largest absolute Gasteiger partial charge is 0.397 e. The Balaban J connectivity index is 2.17. The SMILES string of the molecule is Cc1ccccc1C(=O)Nc1ccc(N)cn1. The molecule has 0 saturated heterocycles. The molecule has 0 aliphatic heterocycles. The summed E-state index contributed by atoms with van der Waals surface area (Å²) in [6.45, 7) is 1.89. The van der Waals surface area contributed by atoms with Gasteiger partial charge in [-0.2, -0.15) is 0 Å². The molecule has 0 aliphatic rings. The minimum atomic E-state index is -0.166. The highest BCUT2D eigenvalue weighted by Crippen LogP contribution is 2.11. The molecular formula is C13H13N3O. The van der Waals surface area contributed by atoms with Crippen molar-refractivity contribution in [1.82, 2.24) is 4.98 Å². The van der Waals surface area contributed by atoms with Crippen molar-refractivity contribution in [2.75, 3.05) is 11.1 Å². The van der Waals surface area contributed by atoms with Gasteiger partial charge in [0, 0.05) is 5.56 Å². The molecule has 1 amide bonds. The zero-order chi connectivity index (χ0) is 12.3. The van der Waals surface area contributed by atoms with Crippen molar-refractivity contribution < 1.29 is 4.79 Å². The Labute approximate surface area is 99.5 Å². The minimum absolute atomic E-state index is 0.166. The second-order valence-corrected chi connectivity index (χ2v) is 3.75. The van der Waals surface area contributed by atoms with E-state index >= 15 is 0 Å². The molecule has 0 fully saturated rings. The van der Waals surface area contributed by atoms with Crippen LogP contribution in [0.1, 0.15) is 15.9 Å². The predicted molar refractivity (Wildman–Crippen MR) is 67.8 cm³/mol. The number of carbonyl (C=O) groups excluding carboxylic acids is 1. The second-order valence-electron chi connectivity index (χ2n) is 3.75. The van der Waals surface area contributed by atoms with E-state index in [9.17, 15) is 4.79 Å². The smallest absolute Gasteiger partial charge is 0.257 e. The van der Waals surface area contributed by atoms with Crippen LogP contribution in [0, 0.1) is 6.92 Å². The Morgan fingerprint density at radius 2 is 2.00 bits per heavy atom. The molecule has 2 aromatic rings. The van der Waals surface area contributed by atoms with Crippen LogP contribution in [0.4, 0.5) is 11.5 Å². The highest BCUT2D eigenvalue weighted by atomic mass is 16.1. The molecule has 0 aliphatic carbocycles. The van der Waals surface area contributed by atoms with Gasteiger partial charge < -0.3 is 11.1 Å². The van der Waals surface area contributed by atoms with Gasteiger partial charge >= 0.3 is 0 Å². The van der Waals surface area contributed by atoms with Gasteiger partial charge in [-0.3, -0.25) is 4.79 Å². The molecule has 1 aromatic carbocycles. The fourth-order valence-electron chi connectivity index (χ4n) is 1.49. The monoisotopic (exact) mass is 227 g/mol. The molecule has 0 atom stereocenters.